The summed E-state index contributed by atoms with van der Waals surface area (Å²) in [4.78, 5) is 7.68. The number of hydrogen-bond donors (Lipinski definition) is 0. The monoisotopic (exact) mass is 192 g/mol. The fourth-order valence-corrected chi connectivity index (χ4v) is 0.973. The summed E-state index contributed by atoms with van der Waals surface area (Å²) in [6, 6.07) is 9.47. The average molecular weight is 193 g/mol. The van der Waals surface area contributed by atoms with E-state index in [1.54, 1.807) is 0 Å². The Morgan fingerprint density at radius 1 is 1.23 bits per heavy atom. The van der Waals surface area contributed by atoms with Gasteiger partial charge in [-0.05, 0) is 6.72 Å². The van der Waals surface area contributed by atoms with Crippen molar-refractivity contribution < 1.29 is 0 Å². The molecule has 0 unspecified atom stereocenters. The third-order valence-corrected chi connectivity index (χ3v) is 1.49. The van der Waals surface area contributed by atoms with Crippen LogP contribution in [0, 0.1) is 0 Å². The van der Waals surface area contributed by atoms with Crippen molar-refractivity contribution in [1.29, 1.82) is 0 Å². The zero-order valence-corrected chi connectivity index (χ0v) is 7.83. The number of nitrogens with zero attached hydrogens (tertiary/aromatic N) is 2. The highest BCUT2D eigenvalue weighted by Crippen LogP contribution is 2.06. The van der Waals surface area contributed by atoms with Gasteiger partial charge < -0.3 is 0 Å². The Bertz CT molecular complexity index is 341. The second-order valence-corrected chi connectivity index (χ2v) is 2.77. The first-order valence-corrected chi connectivity index (χ1v) is 4.07. The van der Waals surface area contributed by atoms with Crippen LogP contribution in [-0.2, 0) is 0 Å². The second-order valence-electron chi connectivity index (χ2n) is 2.34. The lowest BCUT2D eigenvalue weighted by Crippen LogP contribution is -1.95. The first kappa shape index (κ1) is 9.68. The van der Waals surface area contributed by atoms with Gasteiger partial charge in [0.05, 0.1) is 0 Å². The van der Waals surface area contributed by atoms with Gasteiger partial charge >= 0.3 is 0 Å². The molecule has 0 N–H and O–H groups in total. The predicted octanol–water partition coefficient (Wildman–Crippen LogP) is 2.84. The Morgan fingerprint density at radius 2 is 1.85 bits per heavy atom. The van der Waals surface area contributed by atoms with Crippen molar-refractivity contribution in [1.82, 2.24) is 0 Å². The van der Waals surface area contributed by atoms with Gasteiger partial charge in [-0.25, -0.2) is 9.98 Å². The van der Waals surface area contributed by atoms with Crippen molar-refractivity contribution >= 4 is 24.2 Å². The molecular formula is C10H9ClN2. The highest BCUT2D eigenvalue weighted by molar-refractivity contribution is 6.30. The molecule has 0 aliphatic heterocycles. The lowest BCUT2D eigenvalue weighted by molar-refractivity contribution is 1.45. The lowest BCUT2D eigenvalue weighted by atomic mass is 10.2. The molecule has 1 aromatic rings. The first-order valence-electron chi connectivity index (χ1n) is 3.69. The van der Waals surface area contributed by atoms with Gasteiger partial charge in [-0.2, -0.15) is 0 Å². The molecule has 0 atom stereocenters. The standard InChI is InChI=1S/C10H9ClN2/c1-8(11)13-10(12-2)9-6-4-3-5-7-9/h3-7H,1-2H2/b13-10-. The summed E-state index contributed by atoms with van der Waals surface area (Å²) in [5.41, 5.74) is 0.874. The molecule has 3 heteroatoms. The van der Waals surface area contributed by atoms with Crippen molar-refractivity contribution in [2.75, 3.05) is 0 Å². The Hall–Kier alpha value is -1.41. The van der Waals surface area contributed by atoms with Gasteiger partial charge in [-0.1, -0.05) is 48.5 Å². The number of benzene rings is 1. The van der Waals surface area contributed by atoms with E-state index in [0.717, 1.165) is 5.56 Å². The largest absolute Gasteiger partial charge is 0.245 e. The minimum Gasteiger partial charge on any atom is -0.245 e. The quantitative estimate of drug-likeness (QED) is 0.391. The molecule has 0 bridgehead atoms. The van der Waals surface area contributed by atoms with E-state index in [2.05, 4.69) is 23.3 Å². The van der Waals surface area contributed by atoms with E-state index in [9.17, 15) is 0 Å². The molecule has 0 heterocycles. The van der Waals surface area contributed by atoms with Gasteiger partial charge in [0.15, 0.2) is 5.84 Å². The lowest BCUT2D eigenvalue weighted by Gasteiger charge is -1.98. The molecule has 66 valence electrons. The van der Waals surface area contributed by atoms with Crippen molar-refractivity contribution in [3.63, 3.8) is 0 Å². The van der Waals surface area contributed by atoms with Crippen LogP contribution in [0.5, 0.6) is 0 Å². The highest BCUT2D eigenvalue weighted by atomic mass is 35.5. The summed E-state index contributed by atoms with van der Waals surface area (Å²) in [6.45, 7) is 6.87. The number of hydrogen-bond acceptors (Lipinski definition) is 1. The van der Waals surface area contributed by atoms with Gasteiger partial charge in [0.1, 0.15) is 5.16 Å². The van der Waals surface area contributed by atoms with E-state index in [-0.39, 0.29) is 5.16 Å². The van der Waals surface area contributed by atoms with Crippen LogP contribution in [0.25, 0.3) is 0 Å². The molecule has 0 fully saturated rings. The van der Waals surface area contributed by atoms with Gasteiger partial charge in [-0.3, -0.25) is 0 Å². The summed E-state index contributed by atoms with van der Waals surface area (Å²) in [5.74, 6) is 0.487. The van der Waals surface area contributed by atoms with Crippen LogP contribution in [0.2, 0.25) is 0 Å². The van der Waals surface area contributed by atoms with Gasteiger partial charge in [0, 0.05) is 5.56 Å². The van der Waals surface area contributed by atoms with E-state index in [1.165, 1.54) is 0 Å². The Balaban J connectivity index is 3.05. The summed E-state index contributed by atoms with van der Waals surface area (Å²) in [6.07, 6.45) is 0. The topological polar surface area (TPSA) is 24.7 Å². The Kier molecular flexibility index (Phi) is 3.41. The molecule has 0 radical (unpaired) electrons. The molecule has 0 amide bonds. The number of rotatable bonds is 2. The van der Waals surface area contributed by atoms with Crippen LogP contribution in [0.3, 0.4) is 0 Å². The Morgan fingerprint density at radius 3 is 2.31 bits per heavy atom. The third-order valence-electron chi connectivity index (χ3n) is 1.41. The molecule has 0 aliphatic rings. The van der Waals surface area contributed by atoms with E-state index in [0.29, 0.717) is 5.84 Å². The maximum Gasteiger partial charge on any atom is 0.160 e. The maximum atomic E-state index is 5.53. The SMILES string of the molecule is C=N/C(=N\C(=C)Cl)c1ccccc1. The minimum atomic E-state index is 0.200. The second kappa shape index (κ2) is 4.58. The summed E-state index contributed by atoms with van der Waals surface area (Å²) >= 11 is 5.53. The summed E-state index contributed by atoms with van der Waals surface area (Å²) in [5, 5.41) is 0.200. The molecule has 2 nitrogen and oxygen atoms in total. The normalized spacial score (nSPS) is 11.0. The first-order chi connectivity index (χ1) is 6.24. The zero-order valence-electron chi connectivity index (χ0n) is 7.07. The number of halogens is 1. The van der Waals surface area contributed by atoms with Crippen LogP contribution < -0.4 is 0 Å². The van der Waals surface area contributed by atoms with Gasteiger partial charge in [0.25, 0.3) is 0 Å². The van der Waals surface area contributed by atoms with E-state index < -0.39 is 0 Å². The van der Waals surface area contributed by atoms with Crippen LogP contribution in [-0.4, -0.2) is 12.6 Å². The molecule has 1 rings (SSSR count). The van der Waals surface area contributed by atoms with E-state index >= 15 is 0 Å². The maximum absolute atomic E-state index is 5.53. The molecule has 0 spiro atoms. The molecule has 0 saturated carbocycles. The highest BCUT2D eigenvalue weighted by Gasteiger charge is 1.98. The van der Waals surface area contributed by atoms with Crippen LogP contribution in [0.4, 0.5) is 0 Å². The molecule has 0 saturated heterocycles. The van der Waals surface area contributed by atoms with Crippen molar-refractivity contribution in [2.24, 2.45) is 9.98 Å². The number of aliphatic imine (C=N–C) groups is 2. The van der Waals surface area contributed by atoms with Crippen molar-refractivity contribution in [2.45, 2.75) is 0 Å². The van der Waals surface area contributed by atoms with Gasteiger partial charge in [0.2, 0.25) is 0 Å². The average Bonchev–Trinajstić information content (AvgIpc) is 2.15. The zero-order chi connectivity index (χ0) is 9.68. The molecule has 13 heavy (non-hydrogen) atoms. The molecule has 1 aromatic carbocycles. The minimum absolute atomic E-state index is 0.200. The third kappa shape index (κ3) is 2.84. The molecular weight excluding hydrogens is 184 g/mol. The van der Waals surface area contributed by atoms with Gasteiger partial charge in [-0.15, -0.1) is 0 Å². The van der Waals surface area contributed by atoms with E-state index in [4.69, 9.17) is 11.6 Å². The fraction of sp³-hybridized carbons (Fsp3) is 0. The van der Waals surface area contributed by atoms with Crippen LogP contribution >= 0.6 is 11.6 Å². The van der Waals surface area contributed by atoms with Crippen LogP contribution in [0.1, 0.15) is 5.56 Å². The fourth-order valence-electron chi connectivity index (χ4n) is 0.893. The summed E-state index contributed by atoms with van der Waals surface area (Å²) in [7, 11) is 0. The van der Waals surface area contributed by atoms with Crippen molar-refractivity contribution in [3.8, 4) is 0 Å². The Labute approximate surface area is 82.3 Å². The summed E-state index contributed by atoms with van der Waals surface area (Å²) < 4.78 is 0. The molecule has 0 aromatic heterocycles. The predicted molar refractivity (Wildman–Crippen MR) is 57.5 cm³/mol. The van der Waals surface area contributed by atoms with Crippen molar-refractivity contribution in [3.05, 3.63) is 47.6 Å². The van der Waals surface area contributed by atoms with Crippen LogP contribution in [0.15, 0.2) is 52.1 Å². The van der Waals surface area contributed by atoms with E-state index in [1.807, 2.05) is 30.3 Å². The molecule has 0 aliphatic carbocycles. The smallest absolute Gasteiger partial charge is 0.160 e. The number of amidine groups is 1.